The van der Waals surface area contributed by atoms with Crippen molar-refractivity contribution in [1.82, 2.24) is 0 Å². The van der Waals surface area contributed by atoms with Crippen molar-refractivity contribution in [2.24, 2.45) is 0 Å². The Kier molecular flexibility index (Phi) is 13.1. The summed E-state index contributed by atoms with van der Waals surface area (Å²) in [5.74, 6) is -2.01. The molecule has 1 aliphatic rings. The fourth-order valence-corrected chi connectivity index (χ4v) is 5.10. The van der Waals surface area contributed by atoms with E-state index in [9.17, 15) is 19.6 Å². The largest absolute Gasteiger partial charge is 0.471 e. The lowest BCUT2D eigenvalue weighted by molar-refractivity contribution is -0.138. The molecule has 1 saturated heterocycles. The van der Waals surface area contributed by atoms with E-state index in [1.165, 1.54) is 18.2 Å². The van der Waals surface area contributed by atoms with Gasteiger partial charge >= 0.3 is 17.9 Å². The van der Waals surface area contributed by atoms with Gasteiger partial charge in [-0.15, -0.1) is 0 Å². The molecular formula is C39H36N6O6. The number of anilines is 3. The van der Waals surface area contributed by atoms with Crippen LogP contribution in [0.4, 0.5) is 17.1 Å². The van der Waals surface area contributed by atoms with E-state index >= 15 is 0 Å². The van der Waals surface area contributed by atoms with Gasteiger partial charge in [-0.1, -0.05) is 36.4 Å². The zero-order valence-corrected chi connectivity index (χ0v) is 28.5. The molecule has 3 aromatic rings. The molecule has 0 saturated carbocycles. The summed E-state index contributed by atoms with van der Waals surface area (Å²) in [6.45, 7) is 21.9. The number of carbonyl (C=O) groups excluding carboxylic acids is 3. The van der Waals surface area contributed by atoms with Crippen LogP contribution < -0.4 is 14.7 Å². The highest BCUT2D eigenvalue weighted by atomic mass is 16.5. The van der Waals surface area contributed by atoms with Gasteiger partial charge in [0.1, 0.15) is 11.6 Å². The maximum atomic E-state index is 12.1. The van der Waals surface area contributed by atoms with Crippen molar-refractivity contribution in [1.29, 1.82) is 5.26 Å². The monoisotopic (exact) mass is 684 g/mol. The van der Waals surface area contributed by atoms with E-state index in [2.05, 4.69) is 24.4 Å². The molecule has 0 amide bonds. The van der Waals surface area contributed by atoms with Crippen molar-refractivity contribution in [3.8, 4) is 6.07 Å². The smallest absolute Gasteiger partial charge is 0.348 e. The fraction of sp³-hybridized carbons (Fsp3) is 0.231. The Bertz CT molecular complexity index is 1710. The predicted octanol–water partition coefficient (Wildman–Crippen LogP) is 6.51. The third-order valence-corrected chi connectivity index (χ3v) is 7.54. The van der Waals surface area contributed by atoms with Gasteiger partial charge in [0.15, 0.2) is 0 Å². The molecule has 1 heterocycles. The zero-order chi connectivity index (χ0) is 36.8. The van der Waals surface area contributed by atoms with Crippen LogP contribution in [0.3, 0.4) is 0 Å². The molecule has 0 bridgehead atoms. The summed E-state index contributed by atoms with van der Waals surface area (Å²) in [5.41, 5.74) is 4.41. The molecule has 0 radical (unpaired) electrons. The van der Waals surface area contributed by atoms with Gasteiger partial charge in [0, 0.05) is 17.1 Å². The van der Waals surface area contributed by atoms with E-state index in [1.54, 1.807) is 20.8 Å². The first-order valence-electron chi connectivity index (χ1n) is 16.1. The Hall–Kier alpha value is -6.84. The number of carbonyl (C=O) groups is 3. The van der Waals surface area contributed by atoms with Crippen molar-refractivity contribution in [3.05, 3.63) is 129 Å². The maximum Gasteiger partial charge on any atom is 0.348 e. The molecular weight excluding hydrogens is 648 g/mol. The Labute approximate surface area is 297 Å². The summed E-state index contributed by atoms with van der Waals surface area (Å²) in [6.07, 6.45) is 4.48. The molecule has 3 aromatic carbocycles. The summed E-state index contributed by atoms with van der Waals surface area (Å²) < 4.78 is 14.9. The van der Waals surface area contributed by atoms with Crippen LogP contribution in [0.5, 0.6) is 0 Å². The lowest BCUT2D eigenvalue weighted by Crippen LogP contribution is -2.55. The summed E-state index contributed by atoms with van der Waals surface area (Å²) in [4.78, 5) is 49.5. The number of esters is 3. The number of benzene rings is 3. The third-order valence-electron chi connectivity index (χ3n) is 7.54. The summed E-state index contributed by atoms with van der Waals surface area (Å²) in [7, 11) is 0. The Balaban J connectivity index is 1.65. The summed E-state index contributed by atoms with van der Waals surface area (Å²) in [6, 6.07) is 24.4. The van der Waals surface area contributed by atoms with Crippen LogP contribution >= 0.6 is 0 Å². The number of nitrogens with zero attached hydrogens (tertiary/aromatic N) is 6. The predicted molar refractivity (Wildman–Crippen MR) is 194 cm³/mol. The first-order chi connectivity index (χ1) is 24.7. The molecule has 51 heavy (non-hydrogen) atoms. The Morgan fingerprint density at radius 2 is 0.922 bits per heavy atom. The van der Waals surface area contributed by atoms with E-state index in [0.717, 1.165) is 17.1 Å². The molecule has 0 unspecified atom stereocenters. The molecule has 0 aliphatic carbocycles. The quantitative estimate of drug-likeness (QED) is 0.0687. The second-order valence-electron chi connectivity index (χ2n) is 10.9. The highest BCUT2D eigenvalue weighted by molar-refractivity contribution is 5.98. The van der Waals surface area contributed by atoms with Gasteiger partial charge in [-0.2, -0.15) is 5.26 Å². The molecule has 0 N–H and O–H groups in total. The second kappa shape index (κ2) is 18.1. The molecule has 0 spiro atoms. The van der Waals surface area contributed by atoms with Crippen molar-refractivity contribution in [3.63, 3.8) is 0 Å². The van der Waals surface area contributed by atoms with Crippen LogP contribution in [0.15, 0.2) is 89.8 Å². The van der Waals surface area contributed by atoms with Gasteiger partial charge in [-0.25, -0.2) is 14.5 Å². The average molecular weight is 685 g/mol. The molecule has 0 atom stereocenters. The highest BCUT2D eigenvalue weighted by Gasteiger charge is 2.25. The van der Waals surface area contributed by atoms with E-state index < -0.39 is 17.9 Å². The fourth-order valence-electron chi connectivity index (χ4n) is 5.10. The van der Waals surface area contributed by atoms with Crippen LogP contribution in [0.1, 0.15) is 37.5 Å². The SMILES string of the molecule is [C-]#[N+]/C(=C\c1ccc(N2CN(c3ccc(/C=C(\[N+]#[C-])C(=O)OCC)cc3)CN(c3ccc(/C=C(\C#N)C(=O)OCC)cc3)C2)cc1)C(=O)OCC. The van der Waals surface area contributed by atoms with Gasteiger partial charge < -0.3 is 28.9 Å². The lowest BCUT2D eigenvalue weighted by Gasteiger charge is -2.45. The van der Waals surface area contributed by atoms with Gasteiger partial charge in [0.05, 0.1) is 53.0 Å². The van der Waals surface area contributed by atoms with Gasteiger partial charge in [0.25, 0.3) is 11.4 Å². The van der Waals surface area contributed by atoms with Crippen molar-refractivity contribution >= 4 is 53.2 Å². The molecule has 1 aliphatic heterocycles. The Morgan fingerprint density at radius 3 is 1.22 bits per heavy atom. The Morgan fingerprint density at radius 1 is 0.608 bits per heavy atom. The molecule has 12 heteroatoms. The zero-order valence-electron chi connectivity index (χ0n) is 28.5. The van der Waals surface area contributed by atoms with Crippen LogP contribution in [0.25, 0.3) is 27.9 Å². The minimum atomic E-state index is -0.674. The van der Waals surface area contributed by atoms with Crippen molar-refractivity contribution < 1.29 is 28.6 Å². The summed E-state index contributed by atoms with van der Waals surface area (Å²) in [5, 5.41) is 9.44. The van der Waals surface area contributed by atoms with Crippen LogP contribution in [-0.4, -0.2) is 57.7 Å². The second-order valence-corrected chi connectivity index (χ2v) is 10.9. The van der Waals surface area contributed by atoms with E-state index in [-0.39, 0.29) is 36.8 Å². The minimum Gasteiger partial charge on any atom is -0.471 e. The van der Waals surface area contributed by atoms with E-state index in [0.29, 0.717) is 36.7 Å². The standard InChI is InChI=1S/C39H36N6O6/c1-6-49-37(46)31(24-40)21-28-9-15-32(16-10-28)43-25-44(33-17-11-29(12-18-33)22-35(41-4)38(47)50-7-2)27-45(26-43)34-19-13-30(14-20-34)23-36(42-5)39(48)51-8-3/h9-23H,6-8,25-27H2,1-3H3/b31-21+,35-22-,36-23-. The number of rotatable bonds is 12. The number of ether oxygens (including phenoxy) is 3. The topological polar surface area (TPSA) is 121 Å². The van der Waals surface area contributed by atoms with Crippen LogP contribution in [-0.2, 0) is 28.6 Å². The maximum absolute atomic E-state index is 12.1. The summed E-state index contributed by atoms with van der Waals surface area (Å²) >= 11 is 0. The number of hydrogen-bond acceptors (Lipinski definition) is 10. The lowest BCUT2D eigenvalue weighted by atomic mass is 10.1. The van der Waals surface area contributed by atoms with E-state index in [4.69, 9.17) is 27.4 Å². The van der Waals surface area contributed by atoms with Crippen LogP contribution in [0.2, 0.25) is 0 Å². The average Bonchev–Trinajstić information content (AvgIpc) is 3.15. The molecule has 1 fully saturated rings. The van der Waals surface area contributed by atoms with Crippen molar-refractivity contribution in [2.45, 2.75) is 20.8 Å². The normalized spacial score (nSPS) is 13.4. The molecule has 258 valence electrons. The molecule has 4 rings (SSSR count). The van der Waals surface area contributed by atoms with E-state index in [1.807, 2.05) is 78.9 Å². The van der Waals surface area contributed by atoms with Gasteiger partial charge in [-0.05, 0) is 92.1 Å². The third kappa shape index (κ3) is 9.85. The molecule has 12 nitrogen and oxygen atoms in total. The van der Waals surface area contributed by atoms with Crippen LogP contribution in [0, 0.1) is 24.5 Å². The number of nitriles is 1. The number of hydrogen-bond donors (Lipinski definition) is 0. The van der Waals surface area contributed by atoms with Gasteiger partial charge in [-0.3, -0.25) is 9.59 Å². The first-order valence-corrected chi connectivity index (χ1v) is 16.1. The van der Waals surface area contributed by atoms with Gasteiger partial charge in [0.2, 0.25) is 0 Å². The highest BCUT2D eigenvalue weighted by Crippen LogP contribution is 2.28. The molecule has 0 aromatic heterocycles. The first kappa shape index (κ1) is 37.0. The minimum absolute atomic E-state index is 0.0898. The van der Waals surface area contributed by atoms with Crippen molar-refractivity contribution in [2.75, 3.05) is 54.5 Å².